The molecule has 1 saturated heterocycles. The van der Waals surface area contributed by atoms with E-state index < -0.39 is 0 Å². The Morgan fingerprint density at radius 2 is 1.82 bits per heavy atom. The molecule has 0 N–H and O–H groups in total. The fourth-order valence-corrected chi connectivity index (χ4v) is 3.90. The van der Waals surface area contributed by atoms with Crippen molar-refractivity contribution in [3.63, 3.8) is 0 Å². The molecule has 1 fully saturated rings. The van der Waals surface area contributed by atoms with E-state index in [4.69, 9.17) is 0 Å². The molecule has 0 spiro atoms. The molecular weight excluding hydrogens is 292 g/mol. The molecule has 0 saturated carbocycles. The fourth-order valence-electron chi connectivity index (χ4n) is 3.11. The van der Waals surface area contributed by atoms with Crippen molar-refractivity contribution in [2.24, 2.45) is 0 Å². The van der Waals surface area contributed by atoms with Crippen molar-refractivity contribution in [2.45, 2.75) is 13.8 Å². The average Bonchev–Trinajstić information content (AvgIpc) is 3.00. The van der Waals surface area contributed by atoms with Crippen LogP contribution in [0.1, 0.15) is 13.8 Å². The minimum absolute atomic E-state index is 1.09. The molecule has 1 aliphatic rings. The third-order valence-electron chi connectivity index (χ3n) is 4.66. The van der Waals surface area contributed by atoms with Crippen molar-refractivity contribution in [3.05, 3.63) is 24.3 Å². The maximum absolute atomic E-state index is 4.69. The van der Waals surface area contributed by atoms with Crippen molar-refractivity contribution in [2.75, 3.05) is 57.3 Å². The van der Waals surface area contributed by atoms with E-state index >= 15 is 0 Å². The molecule has 0 bridgehead atoms. The SMILES string of the molecule is CCN(CC)CCN1CCN(c2nsc3ccccc23)CC1. The second kappa shape index (κ2) is 7.40. The third-order valence-corrected chi connectivity index (χ3v) is 5.47. The molecule has 3 rings (SSSR count). The van der Waals surface area contributed by atoms with Gasteiger partial charge in [-0.3, -0.25) is 4.90 Å². The van der Waals surface area contributed by atoms with E-state index in [0.29, 0.717) is 0 Å². The number of rotatable bonds is 6. The monoisotopic (exact) mass is 318 g/mol. The largest absolute Gasteiger partial charge is 0.353 e. The summed E-state index contributed by atoms with van der Waals surface area (Å²) in [6, 6.07) is 8.56. The minimum atomic E-state index is 1.09. The molecular formula is C17H26N4S. The zero-order valence-corrected chi connectivity index (χ0v) is 14.5. The predicted molar refractivity (Wildman–Crippen MR) is 96.1 cm³/mol. The summed E-state index contributed by atoms with van der Waals surface area (Å²) in [6.07, 6.45) is 0. The quantitative estimate of drug-likeness (QED) is 0.817. The number of likely N-dealkylation sites (N-methyl/N-ethyl adjacent to an activating group) is 1. The van der Waals surface area contributed by atoms with Crippen molar-refractivity contribution in [1.29, 1.82) is 0 Å². The number of benzene rings is 1. The maximum Gasteiger partial charge on any atom is 0.150 e. The van der Waals surface area contributed by atoms with Crippen LogP contribution in [-0.4, -0.2) is 66.5 Å². The average molecular weight is 318 g/mol. The van der Waals surface area contributed by atoms with Gasteiger partial charge in [-0.15, -0.1) is 0 Å². The van der Waals surface area contributed by atoms with E-state index in [9.17, 15) is 0 Å². The lowest BCUT2D eigenvalue weighted by Gasteiger charge is -2.36. The van der Waals surface area contributed by atoms with Gasteiger partial charge in [-0.1, -0.05) is 26.0 Å². The van der Waals surface area contributed by atoms with Crippen LogP contribution < -0.4 is 4.90 Å². The lowest BCUT2D eigenvalue weighted by atomic mass is 10.2. The van der Waals surface area contributed by atoms with Crippen LogP contribution in [0.15, 0.2) is 24.3 Å². The van der Waals surface area contributed by atoms with Gasteiger partial charge in [0.1, 0.15) is 5.82 Å². The summed E-state index contributed by atoms with van der Waals surface area (Å²) >= 11 is 1.62. The Morgan fingerprint density at radius 1 is 1.09 bits per heavy atom. The highest BCUT2D eigenvalue weighted by atomic mass is 32.1. The van der Waals surface area contributed by atoms with E-state index in [1.165, 1.54) is 29.0 Å². The molecule has 4 nitrogen and oxygen atoms in total. The van der Waals surface area contributed by atoms with E-state index in [2.05, 4.69) is 57.2 Å². The summed E-state index contributed by atoms with van der Waals surface area (Å²) in [7, 11) is 0. The molecule has 0 radical (unpaired) electrons. The van der Waals surface area contributed by atoms with Gasteiger partial charge in [0, 0.05) is 44.7 Å². The van der Waals surface area contributed by atoms with Crippen LogP contribution in [0.25, 0.3) is 10.1 Å². The normalized spacial score (nSPS) is 16.8. The van der Waals surface area contributed by atoms with Crippen LogP contribution in [0.3, 0.4) is 0 Å². The highest BCUT2D eigenvalue weighted by molar-refractivity contribution is 7.13. The van der Waals surface area contributed by atoms with Crippen LogP contribution in [0.2, 0.25) is 0 Å². The zero-order chi connectivity index (χ0) is 15.4. The summed E-state index contributed by atoms with van der Waals surface area (Å²) < 4.78 is 5.98. The number of aromatic nitrogens is 1. The van der Waals surface area contributed by atoms with E-state index in [1.807, 2.05) is 0 Å². The summed E-state index contributed by atoms with van der Waals surface area (Å²) in [5.74, 6) is 1.18. The number of piperazine rings is 1. The molecule has 2 heterocycles. The van der Waals surface area contributed by atoms with Crippen LogP contribution in [0, 0.1) is 0 Å². The van der Waals surface area contributed by atoms with E-state index in [-0.39, 0.29) is 0 Å². The molecule has 0 atom stereocenters. The van der Waals surface area contributed by atoms with Crippen molar-refractivity contribution >= 4 is 27.4 Å². The molecule has 22 heavy (non-hydrogen) atoms. The molecule has 0 amide bonds. The van der Waals surface area contributed by atoms with Crippen molar-refractivity contribution < 1.29 is 0 Å². The molecule has 0 aliphatic carbocycles. The standard InChI is InChI=1S/C17H26N4S/c1-3-19(4-2)9-10-20-11-13-21(14-12-20)17-15-7-5-6-8-16(15)22-18-17/h5-8H,3-4,9-14H2,1-2H3. The Bertz CT molecular complexity index is 585. The first-order chi connectivity index (χ1) is 10.8. The van der Waals surface area contributed by atoms with Gasteiger partial charge in [0.15, 0.2) is 0 Å². The fraction of sp³-hybridized carbons (Fsp3) is 0.588. The summed E-state index contributed by atoms with van der Waals surface area (Å²) in [4.78, 5) is 7.54. The van der Waals surface area contributed by atoms with Crippen molar-refractivity contribution in [1.82, 2.24) is 14.2 Å². The lowest BCUT2D eigenvalue weighted by molar-refractivity contribution is 0.206. The second-order valence-electron chi connectivity index (χ2n) is 5.86. The van der Waals surface area contributed by atoms with Gasteiger partial charge in [0.2, 0.25) is 0 Å². The Labute approximate surface area is 137 Å². The Morgan fingerprint density at radius 3 is 2.55 bits per heavy atom. The molecule has 2 aromatic rings. The van der Waals surface area contributed by atoms with Gasteiger partial charge >= 0.3 is 0 Å². The maximum atomic E-state index is 4.69. The lowest BCUT2D eigenvalue weighted by Crippen LogP contribution is -2.48. The predicted octanol–water partition coefficient (Wildman–Crippen LogP) is 2.76. The van der Waals surface area contributed by atoms with Gasteiger partial charge < -0.3 is 9.80 Å². The summed E-state index contributed by atoms with van der Waals surface area (Å²) in [5.41, 5.74) is 0. The number of hydrogen-bond donors (Lipinski definition) is 0. The Balaban J connectivity index is 1.55. The molecule has 1 aromatic carbocycles. The molecule has 1 aliphatic heterocycles. The summed E-state index contributed by atoms with van der Waals surface area (Å²) in [6.45, 7) is 13.6. The summed E-state index contributed by atoms with van der Waals surface area (Å²) in [5, 5.41) is 1.31. The van der Waals surface area contributed by atoms with E-state index in [0.717, 1.165) is 39.3 Å². The molecule has 120 valence electrons. The number of hydrogen-bond acceptors (Lipinski definition) is 5. The zero-order valence-electron chi connectivity index (χ0n) is 13.7. The third kappa shape index (κ3) is 3.42. The topological polar surface area (TPSA) is 22.6 Å². The number of nitrogens with zero attached hydrogens (tertiary/aromatic N) is 4. The first-order valence-corrected chi connectivity index (χ1v) is 9.13. The first kappa shape index (κ1) is 15.7. The molecule has 0 unspecified atom stereocenters. The van der Waals surface area contributed by atoms with Gasteiger partial charge in [-0.05, 0) is 36.8 Å². The minimum Gasteiger partial charge on any atom is -0.353 e. The van der Waals surface area contributed by atoms with Gasteiger partial charge in [-0.25, -0.2) is 0 Å². The number of fused-ring (bicyclic) bond motifs is 1. The smallest absolute Gasteiger partial charge is 0.150 e. The Kier molecular flexibility index (Phi) is 5.28. The van der Waals surface area contributed by atoms with Crippen LogP contribution in [0.4, 0.5) is 5.82 Å². The highest BCUT2D eigenvalue weighted by Crippen LogP contribution is 2.29. The van der Waals surface area contributed by atoms with Crippen LogP contribution in [-0.2, 0) is 0 Å². The van der Waals surface area contributed by atoms with Gasteiger partial charge in [0.25, 0.3) is 0 Å². The van der Waals surface area contributed by atoms with Crippen LogP contribution >= 0.6 is 11.5 Å². The first-order valence-electron chi connectivity index (χ1n) is 8.36. The molecule has 1 aromatic heterocycles. The molecule has 5 heteroatoms. The van der Waals surface area contributed by atoms with E-state index in [1.54, 1.807) is 11.5 Å². The highest BCUT2D eigenvalue weighted by Gasteiger charge is 2.20. The van der Waals surface area contributed by atoms with Gasteiger partial charge in [-0.2, -0.15) is 4.37 Å². The number of anilines is 1. The van der Waals surface area contributed by atoms with Crippen molar-refractivity contribution in [3.8, 4) is 0 Å². The Hall–Kier alpha value is -1.17. The van der Waals surface area contributed by atoms with Gasteiger partial charge in [0.05, 0.1) is 4.70 Å². The van der Waals surface area contributed by atoms with Crippen LogP contribution in [0.5, 0.6) is 0 Å². The second-order valence-corrected chi connectivity index (χ2v) is 6.66.